The zero-order valence-electron chi connectivity index (χ0n) is 15.6. The van der Waals surface area contributed by atoms with Crippen molar-refractivity contribution < 1.29 is 9.00 Å². The molecule has 0 saturated heterocycles. The van der Waals surface area contributed by atoms with Gasteiger partial charge in [-0.1, -0.05) is 12.1 Å². The minimum atomic E-state index is -2.77. The molecule has 0 aliphatic rings. The SMILES string of the molecule is C=S(=O)(Nc1cccc(-c2nc3ccncc3s2)c1)c1ccc(NC(C)=O)cc1. The lowest BCUT2D eigenvalue weighted by Crippen LogP contribution is -2.13. The summed E-state index contributed by atoms with van der Waals surface area (Å²) < 4.78 is 17.2. The number of thiazole rings is 1. The first-order valence-electron chi connectivity index (χ1n) is 8.74. The molecule has 1 amide bonds. The number of hydrogen-bond donors (Lipinski definition) is 2. The van der Waals surface area contributed by atoms with Crippen LogP contribution in [0.2, 0.25) is 0 Å². The van der Waals surface area contributed by atoms with Gasteiger partial charge in [-0.3, -0.25) is 9.78 Å². The molecule has 0 aliphatic heterocycles. The Balaban J connectivity index is 1.59. The summed E-state index contributed by atoms with van der Waals surface area (Å²) in [6, 6.07) is 16.3. The standard InChI is InChI=1S/C21H18N4O2S2/c1-14(26)23-16-6-8-18(9-7-16)29(2,27)25-17-5-3-4-15(12-17)21-24-19-10-11-22-13-20(19)28-21/h3-13H,2H2,1H3,(H,23,26)(H,25,27). The van der Waals surface area contributed by atoms with Crippen LogP contribution in [0.3, 0.4) is 0 Å². The first-order valence-corrected chi connectivity index (χ1v) is 11.3. The summed E-state index contributed by atoms with van der Waals surface area (Å²) in [7, 11) is -2.77. The molecule has 0 bridgehead atoms. The van der Waals surface area contributed by atoms with Gasteiger partial charge in [0.1, 0.15) is 5.01 Å². The van der Waals surface area contributed by atoms with Gasteiger partial charge in [-0.15, -0.1) is 11.3 Å². The fourth-order valence-electron chi connectivity index (χ4n) is 2.83. The summed E-state index contributed by atoms with van der Waals surface area (Å²) >= 11 is 1.56. The highest BCUT2D eigenvalue weighted by atomic mass is 32.2. The summed E-state index contributed by atoms with van der Waals surface area (Å²) in [6.07, 6.45) is 3.52. The number of nitrogens with zero attached hydrogens (tertiary/aromatic N) is 2. The van der Waals surface area contributed by atoms with E-state index in [1.165, 1.54) is 6.92 Å². The molecule has 4 aromatic rings. The molecule has 0 saturated carbocycles. The van der Waals surface area contributed by atoms with Gasteiger partial charge in [0.05, 0.1) is 19.9 Å². The Morgan fingerprint density at radius 3 is 2.62 bits per heavy atom. The van der Waals surface area contributed by atoms with Gasteiger partial charge in [-0.2, -0.15) is 0 Å². The topological polar surface area (TPSA) is 84.0 Å². The molecule has 0 radical (unpaired) electrons. The summed E-state index contributed by atoms with van der Waals surface area (Å²) in [6.45, 7) is 1.44. The first-order chi connectivity index (χ1) is 13.9. The number of amides is 1. The van der Waals surface area contributed by atoms with Crippen LogP contribution in [0.25, 0.3) is 20.8 Å². The lowest BCUT2D eigenvalue weighted by molar-refractivity contribution is -0.114. The van der Waals surface area contributed by atoms with Crippen molar-refractivity contribution in [3.8, 4) is 10.6 Å². The van der Waals surface area contributed by atoms with Crippen LogP contribution in [0, 0.1) is 0 Å². The van der Waals surface area contributed by atoms with Crippen molar-refractivity contribution in [3.63, 3.8) is 0 Å². The van der Waals surface area contributed by atoms with E-state index in [1.807, 2.05) is 30.3 Å². The maximum absolute atomic E-state index is 13.1. The van der Waals surface area contributed by atoms with Gasteiger partial charge < -0.3 is 10.0 Å². The maximum atomic E-state index is 13.1. The predicted molar refractivity (Wildman–Crippen MR) is 121 cm³/mol. The van der Waals surface area contributed by atoms with Crippen molar-refractivity contribution in [2.24, 2.45) is 0 Å². The highest BCUT2D eigenvalue weighted by Gasteiger charge is 2.11. The van der Waals surface area contributed by atoms with Gasteiger partial charge in [0.25, 0.3) is 0 Å². The smallest absolute Gasteiger partial charge is 0.221 e. The molecule has 0 aliphatic carbocycles. The second-order valence-electron chi connectivity index (χ2n) is 6.43. The number of aromatic nitrogens is 2. The average Bonchev–Trinajstić information content (AvgIpc) is 3.12. The number of anilines is 2. The third-order valence-electron chi connectivity index (χ3n) is 4.14. The minimum absolute atomic E-state index is 0.159. The predicted octanol–water partition coefficient (Wildman–Crippen LogP) is 4.42. The van der Waals surface area contributed by atoms with Gasteiger partial charge in [0, 0.05) is 41.2 Å². The maximum Gasteiger partial charge on any atom is 0.221 e. The van der Waals surface area contributed by atoms with Crippen LogP contribution in [-0.4, -0.2) is 26.0 Å². The van der Waals surface area contributed by atoms with Crippen LogP contribution >= 0.6 is 11.3 Å². The van der Waals surface area contributed by atoms with E-state index in [4.69, 9.17) is 0 Å². The third-order valence-corrected chi connectivity index (χ3v) is 6.79. The normalized spacial score (nSPS) is 13.0. The van der Waals surface area contributed by atoms with E-state index in [0.29, 0.717) is 16.3 Å². The fourth-order valence-corrected chi connectivity index (χ4v) is 4.96. The van der Waals surface area contributed by atoms with Crippen molar-refractivity contribution in [2.75, 3.05) is 10.0 Å². The zero-order valence-corrected chi connectivity index (χ0v) is 17.2. The molecule has 146 valence electrons. The summed E-state index contributed by atoms with van der Waals surface area (Å²) in [5, 5.41) is 3.55. The first kappa shape index (κ1) is 19.1. The van der Waals surface area contributed by atoms with E-state index in [2.05, 4.69) is 25.9 Å². The Bertz CT molecular complexity index is 1260. The van der Waals surface area contributed by atoms with Gasteiger partial charge >= 0.3 is 0 Å². The van der Waals surface area contributed by atoms with E-state index in [-0.39, 0.29) is 5.91 Å². The number of rotatable bonds is 5. The lowest BCUT2D eigenvalue weighted by Gasteiger charge is -2.14. The van der Waals surface area contributed by atoms with Crippen molar-refractivity contribution in [1.29, 1.82) is 0 Å². The fraction of sp³-hybridized carbons (Fsp3) is 0.0476. The van der Waals surface area contributed by atoms with E-state index >= 15 is 0 Å². The van der Waals surface area contributed by atoms with Crippen molar-refractivity contribution in [2.45, 2.75) is 11.8 Å². The lowest BCUT2D eigenvalue weighted by atomic mass is 10.2. The van der Waals surface area contributed by atoms with Crippen molar-refractivity contribution in [3.05, 3.63) is 67.0 Å². The van der Waals surface area contributed by atoms with Crippen LogP contribution in [0.4, 0.5) is 11.4 Å². The van der Waals surface area contributed by atoms with Gasteiger partial charge in [-0.25, -0.2) is 9.19 Å². The molecule has 2 aromatic heterocycles. The van der Waals surface area contributed by atoms with Gasteiger partial charge in [0.2, 0.25) is 5.91 Å². The molecule has 1 atom stereocenters. The minimum Gasteiger partial charge on any atom is -0.326 e. The number of pyridine rings is 1. The quantitative estimate of drug-likeness (QED) is 0.466. The molecule has 4 rings (SSSR count). The highest BCUT2D eigenvalue weighted by Crippen LogP contribution is 2.31. The second kappa shape index (κ2) is 7.65. The Hall–Kier alpha value is -3.23. The van der Waals surface area contributed by atoms with Crippen LogP contribution in [-0.2, 0) is 14.5 Å². The number of hydrogen-bond acceptors (Lipinski definition) is 5. The van der Waals surface area contributed by atoms with E-state index in [0.717, 1.165) is 20.8 Å². The molecule has 6 nitrogen and oxygen atoms in total. The molecular formula is C21H18N4O2S2. The zero-order chi connectivity index (χ0) is 20.4. The Labute approximate surface area is 172 Å². The van der Waals surface area contributed by atoms with Crippen molar-refractivity contribution >= 4 is 54.4 Å². The third kappa shape index (κ3) is 4.28. The number of benzene rings is 2. The highest BCUT2D eigenvalue weighted by molar-refractivity contribution is 8.01. The van der Waals surface area contributed by atoms with Crippen LogP contribution in [0.15, 0.2) is 71.9 Å². The summed E-state index contributed by atoms with van der Waals surface area (Å²) in [4.78, 5) is 20.5. The van der Waals surface area contributed by atoms with Crippen LogP contribution in [0.1, 0.15) is 6.92 Å². The molecule has 2 heterocycles. The number of fused-ring (bicyclic) bond motifs is 1. The van der Waals surface area contributed by atoms with Crippen LogP contribution < -0.4 is 10.0 Å². The molecule has 29 heavy (non-hydrogen) atoms. The van der Waals surface area contributed by atoms with Crippen LogP contribution in [0.5, 0.6) is 0 Å². The second-order valence-corrected chi connectivity index (χ2v) is 9.48. The van der Waals surface area contributed by atoms with Gasteiger partial charge in [0.15, 0.2) is 0 Å². The molecule has 2 aromatic carbocycles. The van der Waals surface area contributed by atoms with E-state index in [1.54, 1.807) is 48.0 Å². The number of nitrogens with one attached hydrogen (secondary N) is 2. The van der Waals surface area contributed by atoms with E-state index in [9.17, 15) is 9.00 Å². The molecule has 0 spiro atoms. The molecule has 0 fully saturated rings. The number of carbonyl (C=O) groups excluding carboxylic acids is 1. The van der Waals surface area contributed by atoms with Gasteiger partial charge in [-0.05, 0) is 48.3 Å². The van der Waals surface area contributed by atoms with Crippen molar-refractivity contribution in [1.82, 2.24) is 9.97 Å². The van der Waals surface area contributed by atoms with E-state index < -0.39 is 9.71 Å². The summed E-state index contributed by atoms with van der Waals surface area (Å²) in [5.41, 5.74) is 3.15. The Morgan fingerprint density at radius 2 is 1.90 bits per heavy atom. The largest absolute Gasteiger partial charge is 0.326 e. The average molecular weight is 423 g/mol. The molecular weight excluding hydrogens is 404 g/mol. The Morgan fingerprint density at radius 1 is 1.10 bits per heavy atom. The Kier molecular flexibility index (Phi) is 5.04. The molecule has 2 N–H and O–H groups in total. The molecule has 1 unspecified atom stereocenters. The monoisotopic (exact) mass is 422 g/mol. The summed E-state index contributed by atoms with van der Waals surface area (Å²) in [5.74, 6) is 3.71. The number of carbonyl (C=O) groups is 1. The molecule has 8 heteroatoms.